The lowest BCUT2D eigenvalue weighted by atomic mass is 9.70. The highest BCUT2D eigenvalue weighted by molar-refractivity contribution is 5.71. The van der Waals surface area contributed by atoms with Crippen molar-refractivity contribution in [1.82, 2.24) is 9.88 Å². The number of pyridine rings is 1. The molecule has 0 fully saturated rings. The number of benzene rings is 2. The SMILES string of the molecule is CNc1ccc(C(c2ccc(C)c(CN3Cc4cnccc4OC(C)(C)C3)c2)C(C)(C)CO)c(C)c1N=N. The number of hydrogen-bond donors (Lipinski definition) is 3. The summed E-state index contributed by atoms with van der Waals surface area (Å²) < 4.78 is 6.34. The van der Waals surface area contributed by atoms with E-state index >= 15 is 0 Å². The van der Waals surface area contributed by atoms with E-state index in [-0.39, 0.29) is 18.1 Å². The number of fused-ring (bicyclic) bond motifs is 1. The van der Waals surface area contributed by atoms with Gasteiger partial charge in [-0.1, -0.05) is 38.1 Å². The predicted octanol–water partition coefficient (Wildman–Crippen LogP) is 6.73. The molecule has 2 heterocycles. The van der Waals surface area contributed by atoms with Gasteiger partial charge in [-0.25, -0.2) is 5.53 Å². The Morgan fingerprint density at radius 3 is 2.66 bits per heavy atom. The van der Waals surface area contributed by atoms with Crippen molar-refractivity contribution in [1.29, 1.82) is 5.53 Å². The number of ether oxygens (including phenoxy) is 1. The summed E-state index contributed by atoms with van der Waals surface area (Å²) in [5.41, 5.74) is 15.2. The van der Waals surface area contributed by atoms with Crippen molar-refractivity contribution >= 4 is 11.4 Å². The topological polar surface area (TPSA) is 93.8 Å². The highest BCUT2D eigenvalue weighted by Crippen LogP contribution is 2.45. The fraction of sp³-hybridized carbons (Fsp3) is 0.452. The highest BCUT2D eigenvalue weighted by Gasteiger charge is 2.34. The molecule has 7 heteroatoms. The molecule has 2 aromatic carbocycles. The van der Waals surface area contributed by atoms with E-state index in [1.165, 1.54) is 11.1 Å². The van der Waals surface area contributed by atoms with Crippen LogP contribution < -0.4 is 10.1 Å². The molecule has 3 N–H and O–H groups in total. The van der Waals surface area contributed by atoms with Gasteiger partial charge in [0.25, 0.3) is 0 Å². The van der Waals surface area contributed by atoms with Crippen LogP contribution in [0, 0.1) is 24.8 Å². The summed E-state index contributed by atoms with van der Waals surface area (Å²) in [6.45, 7) is 15.0. The maximum atomic E-state index is 10.5. The largest absolute Gasteiger partial charge is 0.486 e. The molecule has 0 saturated carbocycles. The summed E-state index contributed by atoms with van der Waals surface area (Å²) >= 11 is 0. The van der Waals surface area contributed by atoms with E-state index in [0.717, 1.165) is 53.3 Å². The average Bonchev–Trinajstić information content (AvgIpc) is 3.00. The van der Waals surface area contributed by atoms with E-state index in [1.807, 2.05) is 32.3 Å². The Hall–Kier alpha value is -3.29. The third kappa shape index (κ3) is 5.59. The van der Waals surface area contributed by atoms with Crippen molar-refractivity contribution < 1.29 is 9.84 Å². The molecule has 4 rings (SSSR count). The first-order chi connectivity index (χ1) is 18.0. The zero-order chi connectivity index (χ0) is 27.7. The number of anilines is 1. The summed E-state index contributed by atoms with van der Waals surface area (Å²) in [7, 11) is 1.84. The van der Waals surface area contributed by atoms with Crippen LogP contribution in [0.4, 0.5) is 11.4 Å². The molecule has 1 aliphatic heterocycles. The number of nitrogens with one attached hydrogen (secondary N) is 2. The van der Waals surface area contributed by atoms with Crippen LogP contribution in [0.15, 0.2) is 53.9 Å². The number of nitrogens with zero attached hydrogens (tertiary/aromatic N) is 3. The highest BCUT2D eigenvalue weighted by atomic mass is 16.5. The number of aliphatic hydroxyl groups is 1. The second-order valence-electron chi connectivity index (χ2n) is 11.8. The van der Waals surface area contributed by atoms with Gasteiger partial charge >= 0.3 is 0 Å². The molecule has 0 spiro atoms. The molecule has 0 radical (unpaired) electrons. The third-order valence-electron chi connectivity index (χ3n) is 7.70. The molecular formula is C31H41N5O2. The zero-order valence-electron chi connectivity index (χ0n) is 23.7. The Labute approximate surface area is 226 Å². The molecule has 1 unspecified atom stereocenters. The van der Waals surface area contributed by atoms with E-state index in [0.29, 0.717) is 5.69 Å². The van der Waals surface area contributed by atoms with Gasteiger partial charge in [0.1, 0.15) is 17.0 Å². The molecule has 0 saturated heterocycles. The summed E-state index contributed by atoms with van der Waals surface area (Å²) in [4.78, 5) is 6.76. The Balaban J connectivity index is 1.76. The Bertz CT molecular complexity index is 1320. The average molecular weight is 516 g/mol. The second-order valence-corrected chi connectivity index (χ2v) is 11.8. The van der Waals surface area contributed by atoms with Crippen LogP contribution >= 0.6 is 0 Å². The maximum absolute atomic E-state index is 10.5. The fourth-order valence-corrected chi connectivity index (χ4v) is 5.71. The minimum atomic E-state index is -0.430. The summed E-state index contributed by atoms with van der Waals surface area (Å²) in [6.07, 6.45) is 3.69. The first kappa shape index (κ1) is 27.7. The van der Waals surface area contributed by atoms with Crippen LogP contribution in [-0.2, 0) is 13.1 Å². The first-order valence-electron chi connectivity index (χ1n) is 13.2. The van der Waals surface area contributed by atoms with Crippen molar-refractivity contribution in [3.63, 3.8) is 0 Å². The van der Waals surface area contributed by atoms with Gasteiger partial charge in [0, 0.05) is 57.2 Å². The number of aromatic nitrogens is 1. The van der Waals surface area contributed by atoms with Crippen LogP contribution in [0.2, 0.25) is 0 Å². The lowest BCUT2D eigenvalue weighted by molar-refractivity contribution is 0.0681. The molecule has 7 nitrogen and oxygen atoms in total. The van der Waals surface area contributed by atoms with Crippen molar-refractivity contribution in [2.45, 2.75) is 66.2 Å². The van der Waals surface area contributed by atoms with E-state index in [9.17, 15) is 5.11 Å². The van der Waals surface area contributed by atoms with Gasteiger partial charge < -0.3 is 15.2 Å². The van der Waals surface area contributed by atoms with Crippen LogP contribution in [0.3, 0.4) is 0 Å². The normalized spacial score (nSPS) is 16.2. The quantitative estimate of drug-likeness (QED) is 0.289. The van der Waals surface area contributed by atoms with Crippen LogP contribution in [0.5, 0.6) is 5.75 Å². The number of aliphatic hydroxyl groups excluding tert-OH is 1. The van der Waals surface area contributed by atoms with Gasteiger partial charge in [0.15, 0.2) is 0 Å². The molecule has 38 heavy (non-hydrogen) atoms. The van der Waals surface area contributed by atoms with Crippen LogP contribution in [0.25, 0.3) is 0 Å². The van der Waals surface area contributed by atoms with Crippen molar-refractivity contribution in [2.75, 3.05) is 25.5 Å². The molecule has 0 bridgehead atoms. The number of hydrogen-bond acceptors (Lipinski definition) is 7. The number of rotatable bonds is 8. The van der Waals surface area contributed by atoms with Crippen molar-refractivity contribution in [3.05, 3.63) is 82.2 Å². The smallest absolute Gasteiger partial charge is 0.127 e. The lowest BCUT2D eigenvalue weighted by Gasteiger charge is -2.36. The van der Waals surface area contributed by atoms with E-state index in [2.05, 4.69) is 79.2 Å². The lowest BCUT2D eigenvalue weighted by Crippen LogP contribution is -2.40. The molecule has 3 aromatic rings. The molecule has 0 amide bonds. The minimum Gasteiger partial charge on any atom is -0.486 e. The van der Waals surface area contributed by atoms with Crippen LogP contribution in [-0.4, -0.2) is 40.8 Å². The van der Waals surface area contributed by atoms with E-state index in [1.54, 1.807) is 6.20 Å². The molecular weight excluding hydrogens is 474 g/mol. The van der Waals surface area contributed by atoms with Crippen molar-refractivity contribution in [2.24, 2.45) is 10.5 Å². The van der Waals surface area contributed by atoms with Gasteiger partial charge in [-0.3, -0.25) is 9.88 Å². The Kier molecular flexibility index (Phi) is 7.90. The maximum Gasteiger partial charge on any atom is 0.127 e. The molecule has 202 valence electrons. The zero-order valence-corrected chi connectivity index (χ0v) is 23.7. The first-order valence-corrected chi connectivity index (χ1v) is 13.2. The summed E-state index contributed by atoms with van der Waals surface area (Å²) in [5, 5.41) is 17.5. The Morgan fingerprint density at radius 1 is 1.21 bits per heavy atom. The minimum absolute atomic E-state index is 0.0306. The van der Waals surface area contributed by atoms with E-state index < -0.39 is 5.41 Å². The second kappa shape index (κ2) is 10.8. The van der Waals surface area contributed by atoms with Gasteiger partial charge in [0.05, 0.1) is 5.69 Å². The Morgan fingerprint density at radius 2 is 1.97 bits per heavy atom. The predicted molar refractivity (Wildman–Crippen MR) is 152 cm³/mol. The van der Waals surface area contributed by atoms with Crippen LogP contribution in [0.1, 0.15) is 67.0 Å². The van der Waals surface area contributed by atoms with Gasteiger partial charge in [-0.2, -0.15) is 5.11 Å². The fourth-order valence-electron chi connectivity index (χ4n) is 5.71. The standard InChI is InChI=1S/C31H41N5O2/c1-20-8-9-22(28(30(3,4)19-37)25-10-11-26(33-7)29(35-32)21(25)2)14-23(20)16-36-17-24-15-34-13-12-27(24)38-31(5,6)18-36/h8-15,28,32-33,37H,16-19H2,1-7H3. The molecule has 1 aromatic heterocycles. The van der Waals surface area contributed by atoms with E-state index in [4.69, 9.17) is 10.3 Å². The van der Waals surface area contributed by atoms with Gasteiger partial charge in [-0.05, 0) is 73.1 Å². The monoisotopic (exact) mass is 515 g/mol. The number of aryl methyl sites for hydroxylation is 1. The third-order valence-corrected chi connectivity index (χ3v) is 7.70. The van der Waals surface area contributed by atoms with Gasteiger partial charge in [-0.15, -0.1) is 0 Å². The van der Waals surface area contributed by atoms with Gasteiger partial charge in [0.2, 0.25) is 0 Å². The molecule has 1 aliphatic rings. The molecule has 1 atom stereocenters. The summed E-state index contributed by atoms with van der Waals surface area (Å²) in [5.74, 6) is 0.825. The van der Waals surface area contributed by atoms with Crippen molar-refractivity contribution in [3.8, 4) is 5.75 Å². The summed E-state index contributed by atoms with van der Waals surface area (Å²) in [6, 6.07) is 12.7. The molecule has 0 aliphatic carbocycles.